The fourth-order valence-electron chi connectivity index (χ4n) is 1.84. The first-order chi connectivity index (χ1) is 10.2. The van der Waals surface area contributed by atoms with E-state index in [-0.39, 0.29) is 5.78 Å². The minimum atomic E-state index is 0.135. The maximum atomic E-state index is 12.1. The summed E-state index contributed by atoms with van der Waals surface area (Å²) in [5, 5.41) is 0. The van der Waals surface area contributed by atoms with E-state index in [0.717, 1.165) is 22.8 Å². The molecule has 0 unspecified atom stereocenters. The zero-order chi connectivity index (χ0) is 15.1. The van der Waals surface area contributed by atoms with Crippen LogP contribution < -0.4 is 9.47 Å². The Kier molecular flexibility index (Phi) is 5.69. The second kappa shape index (κ2) is 7.74. The lowest BCUT2D eigenvalue weighted by atomic mass is 10.1. The molecule has 0 amide bonds. The quantitative estimate of drug-likeness (QED) is 0.728. The number of ketones is 1. The third kappa shape index (κ3) is 4.53. The molecule has 0 fully saturated rings. The second-order valence-electron chi connectivity index (χ2n) is 4.49. The lowest BCUT2D eigenvalue weighted by molar-refractivity contribution is 0.102. The van der Waals surface area contributed by atoms with Gasteiger partial charge in [0.15, 0.2) is 5.78 Å². The van der Waals surface area contributed by atoms with Crippen molar-refractivity contribution < 1.29 is 14.3 Å². The largest absolute Gasteiger partial charge is 0.497 e. The maximum absolute atomic E-state index is 12.1. The highest BCUT2D eigenvalue weighted by molar-refractivity contribution is 7.99. The van der Waals surface area contributed by atoms with Crippen LogP contribution in [-0.2, 0) is 5.75 Å². The number of rotatable bonds is 7. The lowest BCUT2D eigenvalue weighted by Gasteiger charge is -2.04. The van der Waals surface area contributed by atoms with Crippen molar-refractivity contribution in [3.8, 4) is 11.5 Å². The molecule has 0 saturated carbocycles. The van der Waals surface area contributed by atoms with Gasteiger partial charge < -0.3 is 9.47 Å². The highest BCUT2D eigenvalue weighted by Crippen LogP contribution is 2.18. The molecule has 2 aromatic rings. The summed E-state index contributed by atoms with van der Waals surface area (Å²) in [6, 6.07) is 15.1. The first-order valence-electron chi connectivity index (χ1n) is 6.61. The maximum Gasteiger partial charge on any atom is 0.172 e. The first kappa shape index (κ1) is 15.4. The number of ether oxygens (including phenoxy) is 2. The Balaban J connectivity index is 1.82. The van der Waals surface area contributed by atoms with Gasteiger partial charge in [0.1, 0.15) is 11.5 Å². The van der Waals surface area contributed by atoms with E-state index >= 15 is 0 Å². The monoisotopic (exact) mass is 302 g/mol. The van der Waals surface area contributed by atoms with Gasteiger partial charge in [0.2, 0.25) is 0 Å². The zero-order valence-corrected chi connectivity index (χ0v) is 13.0. The third-order valence-corrected chi connectivity index (χ3v) is 4.08. The van der Waals surface area contributed by atoms with Crippen LogP contribution in [0.5, 0.6) is 11.5 Å². The normalized spacial score (nSPS) is 10.2. The summed E-state index contributed by atoms with van der Waals surface area (Å²) in [4.78, 5) is 12.1. The Morgan fingerprint density at radius 2 is 1.43 bits per heavy atom. The van der Waals surface area contributed by atoms with Gasteiger partial charge in [0, 0.05) is 11.3 Å². The van der Waals surface area contributed by atoms with Crippen LogP contribution in [-0.4, -0.2) is 25.8 Å². The Labute approximate surface area is 129 Å². The van der Waals surface area contributed by atoms with Crippen LogP contribution in [0.3, 0.4) is 0 Å². The molecule has 0 aliphatic rings. The molecule has 0 saturated heterocycles. The van der Waals surface area contributed by atoms with Gasteiger partial charge in [-0.25, -0.2) is 0 Å². The lowest BCUT2D eigenvalue weighted by Crippen LogP contribution is -2.02. The van der Waals surface area contributed by atoms with Crippen molar-refractivity contribution in [2.75, 3.05) is 20.0 Å². The van der Waals surface area contributed by atoms with Crippen LogP contribution in [0.2, 0.25) is 0 Å². The molecule has 0 N–H and O–H groups in total. The first-order valence-corrected chi connectivity index (χ1v) is 7.76. The van der Waals surface area contributed by atoms with Crippen molar-refractivity contribution in [2.24, 2.45) is 0 Å². The van der Waals surface area contributed by atoms with Gasteiger partial charge in [-0.2, -0.15) is 0 Å². The molecule has 0 bridgehead atoms. The van der Waals surface area contributed by atoms with Crippen LogP contribution in [0, 0.1) is 0 Å². The van der Waals surface area contributed by atoms with Gasteiger partial charge in [-0.3, -0.25) is 4.79 Å². The summed E-state index contributed by atoms with van der Waals surface area (Å²) >= 11 is 1.61. The van der Waals surface area contributed by atoms with Gasteiger partial charge in [0.25, 0.3) is 0 Å². The summed E-state index contributed by atoms with van der Waals surface area (Å²) < 4.78 is 10.2. The van der Waals surface area contributed by atoms with E-state index in [1.165, 1.54) is 5.56 Å². The van der Waals surface area contributed by atoms with Gasteiger partial charge in [-0.1, -0.05) is 12.1 Å². The van der Waals surface area contributed by atoms with E-state index in [0.29, 0.717) is 5.75 Å². The number of hydrogen-bond acceptors (Lipinski definition) is 4. The van der Waals surface area contributed by atoms with Crippen molar-refractivity contribution in [3.05, 3.63) is 59.7 Å². The minimum absolute atomic E-state index is 0.135. The topological polar surface area (TPSA) is 35.5 Å². The average molecular weight is 302 g/mol. The second-order valence-corrected chi connectivity index (χ2v) is 5.48. The Hall–Kier alpha value is -1.94. The van der Waals surface area contributed by atoms with Crippen molar-refractivity contribution in [2.45, 2.75) is 5.75 Å². The van der Waals surface area contributed by atoms with E-state index in [1.807, 2.05) is 24.3 Å². The standard InChI is InChI=1S/C17H18O3S/c1-19-15-7-3-13(4-8-15)11-21-12-17(18)14-5-9-16(20-2)10-6-14/h3-10H,11-12H2,1-2H3. The van der Waals surface area contributed by atoms with Crippen LogP contribution in [0.1, 0.15) is 15.9 Å². The molecule has 0 radical (unpaired) electrons. The molecular formula is C17H18O3S. The predicted molar refractivity (Wildman–Crippen MR) is 86.5 cm³/mol. The van der Waals surface area contributed by atoms with Crippen molar-refractivity contribution in [3.63, 3.8) is 0 Å². The van der Waals surface area contributed by atoms with Crippen LogP contribution >= 0.6 is 11.8 Å². The molecule has 3 nitrogen and oxygen atoms in total. The number of carbonyl (C=O) groups excluding carboxylic acids is 1. The SMILES string of the molecule is COc1ccc(CSCC(=O)c2ccc(OC)cc2)cc1. The van der Waals surface area contributed by atoms with E-state index in [2.05, 4.69) is 0 Å². The smallest absolute Gasteiger partial charge is 0.172 e. The molecular weight excluding hydrogens is 284 g/mol. The van der Waals surface area contributed by atoms with Gasteiger partial charge in [0.05, 0.1) is 20.0 Å². The number of Topliss-reactive ketones (excluding diaryl/α,β-unsaturated/α-hetero) is 1. The molecule has 0 aliphatic carbocycles. The number of benzene rings is 2. The molecule has 0 spiro atoms. The number of hydrogen-bond donors (Lipinski definition) is 0. The summed E-state index contributed by atoms with van der Waals surface area (Å²) in [6.07, 6.45) is 0. The Bertz CT molecular complexity index is 576. The molecule has 0 aromatic heterocycles. The van der Waals surface area contributed by atoms with Crippen LogP contribution in [0.15, 0.2) is 48.5 Å². The fourth-order valence-corrected chi connectivity index (χ4v) is 2.73. The zero-order valence-electron chi connectivity index (χ0n) is 12.2. The van der Waals surface area contributed by atoms with Crippen molar-refractivity contribution in [1.82, 2.24) is 0 Å². The van der Waals surface area contributed by atoms with Gasteiger partial charge >= 0.3 is 0 Å². The molecule has 0 atom stereocenters. The average Bonchev–Trinajstić information content (AvgIpc) is 2.55. The van der Waals surface area contributed by atoms with E-state index in [4.69, 9.17) is 9.47 Å². The van der Waals surface area contributed by atoms with Crippen LogP contribution in [0.4, 0.5) is 0 Å². The summed E-state index contributed by atoms with van der Waals surface area (Å²) in [7, 11) is 3.26. The summed E-state index contributed by atoms with van der Waals surface area (Å²) in [5.41, 5.74) is 1.90. The van der Waals surface area contributed by atoms with Crippen LogP contribution in [0.25, 0.3) is 0 Å². The highest BCUT2D eigenvalue weighted by atomic mass is 32.2. The third-order valence-electron chi connectivity index (χ3n) is 3.07. The van der Waals surface area contributed by atoms with Crippen molar-refractivity contribution >= 4 is 17.5 Å². The fraction of sp³-hybridized carbons (Fsp3) is 0.235. The molecule has 4 heteroatoms. The van der Waals surface area contributed by atoms with E-state index in [9.17, 15) is 4.79 Å². The van der Waals surface area contributed by atoms with Crippen molar-refractivity contribution in [1.29, 1.82) is 0 Å². The number of carbonyl (C=O) groups is 1. The minimum Gasteiger partial charge on any atom is -0.497 e. The highest BCUT2D eigenvalue weighted by Gasteiger charge is 2.06. The molecule has 0 heterocycles. The van der Waals surface area contributed by atoms with Gasteiger partial charge in [-0.15, -0.1) is 11.8 Å². The Morgan fingerprint density at radius 1 is 0.905 bits per heavy atom. The van der Waals surface area contributed by atoms with E-state index in [1.54, 1.807) is 50.2 Å². The summed E-state index contributed by atoms with van der Waals surface area (Å²) in [5.74, 6) is 3.02. The number of methoxy groups -OCH3 is 2. The van der Waals surface area contributed by atoms with Gasteiger partial charge in [-0.05, 0) is 42.0 Å². The molecule has 110 valence electrons. The van der Waals surface area contributed by atoms with E-state index < -0.39 is 0 Å². The molecule has 21 heavy (non-hydrogen) atoms. The molecule has 2 aromatic carbocycles. The number of thioether (sulfide) groups is 1. The molecule has 0 aliphatic heterocycles. The Morgan fingerprint density at radius 3 is 1.95 bits per heavy atom. The molecule has 2 rings (SSSR count). The summed E-state index contributed by atoms with van der Waals surface area (Å²) in [6.45, 7) is 0. The predicted octanol–water partition coefficient (Wildman–Crippen LogP) is 3.82.